The van der Waals surface area contributed by atoms with E-state index in [1.54, 1.807) is 6.07 Å². The van der Waals surface area contributed by atoms with E-state index in [0.717, 1.165) is 24.3 Å². The van der Waals surface area contributed by atoms with E-state index in [1.165, 1.54) is 24.3 Å². The van der Waals surface area contributed by atoms with Crippen LogP contribution in [0.4, 0.5) is 24.5 Å². The van der Waals surface area contributed by atoms with Gasteiger partial charge in [0.25, 0.3) is 0 Å². The third-order valence-electron chi connectivity index (χ3n) is 3.33. The summed E-state index contributed by atoms with van der Waals surface area (Å²) in [4.78, 5) is 24.3. The number of ketones is 1. The predicted octanol–water partition coefficient (Wildman–Crippen LogP) is 3.25. The van der Waals surface area contributed by atoms with Crippen LogP contribution in [-0.4, -0.2) is 11.7 Å². The number of benzene rings is 2. The van der Waals surface area contributed by atoms with Crippen LogP contribution in [0.1, 0.15) is 15.9 Å². The number of alkyl halides is 3. The minimum absolute atomic E-state index is 0.160. The number of nitrogens with two attached hydrogens (primary N) is 1. The fourth-order valence-corrected chi connectivity index (χ4v) is 2.01. The molecule has 0 saturated carbocycles. The zero-order chi connectivity index (χ0) is 18.6. The molecule has 0 bridgehead atoms. The Hall–Kier alpha value is -3.34. The lowest BCUT2D eigenvalue weighted by molar-refractivity contribution is -0.137. The van der Waals surface area contributed by atoms with Crippen molar-refractivity contribution in [1.82, 2.24) is 0 Å². The first-order valence-electron chi connectivity index (χ1n) is 7.00. The maximum Gasteiger partial charge on any atom is 0.416 e. The van der Waals surface area contributed by atoms with Gasteiger partial charge in [0.2, 0.25) is 5.91 Å². The molecular formula is C17H12F3N3O2. The highest BCUT2D eigenvalue weighted by Crippen LogP contribution is 2.29. The van der Waals surface area contributed by atoms with Crippen molar-refractivity contribution in [2.75, 3.05) is 11.1 Å². The number of Topliss-reactive ketones (excluding diaryl/α,β-unsaturated/α-hetero) is 1. The van der Waals surface area contributed by atoms with Gasteiger partial charge in [0, 0.05) is 16.9 Å². The molecule has 8 heteroatoms. The number of halogens is 3. The SMILES string of the molecule is N#CC(C(=O)Nc1ccc(N)cc1)C(=O)c1ccc(C(F)(F)F)cc1. The maximum absolute atomic E-state index is 12.5. The van der Waals surface area contributed by atoms with Gasteiger partial charge in [-0.3, -0.25) is 9.59 Å². The van der Waals surface area contributed by atoms with E-state index < -0.39 is 29.3 Å². The van der Waals surface area contributed by atoms with Crippen LogP contribution in [-0.2, 0) is 11.0 Å². The number of amides is 1. The number of nitrogen functional groups attached to an aromatic ring is 1. The summed E-state index contributed by atoms with van der Waals surface area (Å²) in [5.41, 5.74) is 5.23. The number of anilines is 2. The molecule has 1 amide bonds. The minimum atomic E-state index is -4.54. The van der Waals surface area contributed by atoms with Crippen molar-refractivity contribution >= 4 is 23.1 Å². The first-order chi connectivity index (χ1) is 11.7. The smallest absolute Gasteiger partial charge is 0.399 e. The Bertz CT molecular complexity index is 822. The Morgan fingerprint density at radius 1 is 1.04 bits per heavy atom. The fourth-order valence-electron chi connectivity index (χ4n) is 2.01. The number of nitrogens with one attached hydrogen (secondary N) is 1. The monoisotopic (exact) mass is 347 g/mol. The highest BCUT2D eigenvalue weighted by atomic mass is 19.4. The number of carbonyl (C=O) groups is 2. The molecule has 128 valence electrons. The number of carbonyl (C=O) groups excluding carboxylic acids is 2. The van der Waals surface area contributed by atoms with E-state index in [1.807, 2.05) is 0 Å². The van der Waals surface area contributed by atoms with Crippen molar-refractivity contribution in [2.24, 2.45) is 5.92 Å². The quantitative estimate of drug-likeness (QED) is 0.504. The molecule has 0 radical (unpaired) electrons. The Balaban J connectivity index is 2.16. The summed E-state index contributed by atoms with van der Waals surface area (Å²) in [5, 5.41) is 11.5. The highest BCUT2D eigenvalue weighted by Gasteiger charge is 2.32. The van der Waals surface area contributed by atoms with Gasteiger partial charge in [0.05, 0.1) is 11.6 Å². The number of hydrogen-bond donors (Lipinski definition) is 2. The molecule has 0 saturated heterocycles. The van der Waals surface area contributed by atoms with Gasteiger partial charge in [-0.2, -0.15) is 18.4 Å². The van der Waals surface area contributed by atoms with E-state index in [2.05, 4.69) is 5.32 Å². The van der Waals surface area contributed by atoms with Gasteiger partial charge in [-0.1, -0.05) is 12.1 Å². The standard InChI is InChI=1S/C17H12F3N3O2/c18-17(19,20)11-3-1-10(2-4-11)15(24)14(9-21)16(25)23-13-7-5-12(22)6-8-13/h1-8,14H,22H2,(H,23,25). The number of rotatable bonds is 4. The van der Waals surface area contributed by atoms with Gasteiger partial charge in [-0.25, -0.2) is 0 Å². The number of nitrogens with zero attached hydrogens (tertiary/aromatic N) is 1. The third-order valence-corrected chi connectivity index (χ3v) is 3.33. The molecule has 0 aromatic heterocycles. The Labute approximate surface area is 140 Å². The zero-order valence-electron chi connectivity index (χ0n) is 12.7. The van der Waals surface area contributed by atoms with Crippen molar-refractivity contribution in [3.63, 3.8) is 0 Å². The summed E-state index contributed by atoms with van der Waals surface area (Å²) >= 11 is 0. The van der Waals surface area contributed by atoms with Crippen LogP contribution in [0.2, 0.25) is 0 Å². The largest absolute Gasteiger partial charge is 0.416 e. The Morgan fingerprint density at radius 2 is 1.60 bits per heavy atom. The van der Waals surface area contributed by atoms with Gasteiger partial charge in [-0.15, -0.1) is 0 Å². The van der Waals surface area contributed by atoms with Gasteiger partial charge in [0.1, 0.15) is 0 Å². The lowest BCUT2D eigenvalue weighted by atomic mass is 9.97. The molecule has 0 aliphatic heterocycles. The molecular weight excluding hydrogens is 335 g/mol. The zero-order valence-corrected chi connectivity index (χ0v) is 12.7. The molecule has 0 spiro atoms. The molecule has 0 heterocycles. The Morgan fingerprint density at radius 3 is 2.08 bits per heavy atom. The summed E-state index contributed by atoms with van der Waals surface area (Å²) in [6, 6.07) is 10.9. The molecule has 25 heavy (non-hydrogen) atoms. The van der Waals surface area contributed by atoms with Crippen LogP contribution in [0.3, 0.4) is 0 Å². The van der Waals surface area contributed by atoms with Crippen molar-refractivity contribution < 1.29 is 22.8 Å². The van der Waals surface area contributed by atoms with E-state index in [4.69, 9.17) is 11.0 Å². The molecule has 0 aliphatic rings. The molecule has 1 atom stereocenters. The van der Waals surface area contributed by atoms with Gasteiger partial charge < -0.3 is 11.1 Å². The third kappa shape index (κ3) is 4.35. The predicted molar refractivity (Wildman–Crippen MR) is 84.4 cm³/mol. The molecule has 2 aromatic rings. The molecule has 0 fully saturated rings. The fraction of sp³-hybridized carbons (Fsp3) is 0.118. The van der Waals surface area contributed by atoms with Crippen molar-refractivity contribution in [2.45, 2.75) is 6.18 Å². The molecule has 3 N–H and O–H groups in total. The number of hydrogen-bond acceptors (Lipinski definition) is 4. The van der Waals surface area contributed by atoms with Crippen LogP contribution in [0.15, 0.2) is 48.5 Å². The second kappa shape index (κ2) is 7.05. The minimum Gasteiger partial charge on any atom is -0.399 e. The van der Waals surface area contributed by atoms with E-state index in [9.17, 15) is 22.8 Å². The molecule has 5 nitrogen and oxygen atoms in total. The van der Waals surface area contributed by atoms with Crippen molar-refractivity contribution in [3.8, 4) is 6.07 Å². The topological polar surface area (TPSA) is 96.0 Å². The maximum atomic E-state index is 12.5. The first-order valence-corrected chi connectivity index (χ1v) is 7.00. The molecule has 1 unspecified atom stereocenters. The summed E-state index contributed by atoms with van der Waals surface area (Å²) in [5.74, 6) is -3.45. The summed E-state index contributed by atoms with van der Waals surface area (Å²) in [7, 11) is 0. The van der Waals surface area contributed by atoms with E-state index in [-0.39, 0.29) is 5.56 Å². The number of nitriles is 1. The first kappa shape index (κ1) is 18.0. The van der Waals surface area contributed by atoms with Crippen LogP contribution in [0, 0.1) is 17.2 Å². The van der Waals surface area contributed by atoms with Gasteiger partial charge >= 0.3 is 6.18 Å². The van der Waals surface area contributed by atoms with Gasteiger partial charge in [-0.05, 0) is 36.4 Å². The molecule has 2 aromatic carbocycles. The van der Waals surface area contributed by atoms with Crippen LogP contribution < -0.4 is 11.1 Å². The summed E-state index contributed by atoms with van der Waals surface area (Å²) in [6.45, 7) is 0. The van der Waals surface area contributed by atoms with Crippen LogP contribution in [0.5, 0.6) is 0 Å². The highest BCUT2D eigenvalue weighted by molar-refractivity contribution is 6.15. The average Bonchev–Trinajstić information content (AvgIpc) is 2.57. The summed E-state index contributed by atoms with van der Waals surface area (Å²) in [6.07, 6.45) is -4.54. The molecule has 2 rings (SSSR count). The van der Waals surface area contributed by atoms with Gasteiger partial charge in [0.15, 0.2) is 11.7 Å². The van der Waals surface area contributed by atoms with Crippen LogP contribution in [0.25, 0.3) is 0 Å². The lowest BCUT2D eigenvalue weighted by Gasteiger charge is -2.11. The second-order valence-electron chi connectivity index (χ2n) is 5.11. The Kier molecular flexibility index (Phi) is 5.08. The average molecular weight is 347 g/mol. The van der Waals surface area contributed by atoms with E-state index >= 15 is 0 Å². The van der Waals surface area contributed by atoms with Crippen molar-refractivity contribution in [1.29, 1.82) is 5.26 Å². The molecule has 0 aliphatic carbocycles. The van der Waals surface area contributed by atoms with Crippen molar-refractivity contribution in [3.05, 3.63) is 59.7 Å². The summed E-state index contributed by atoms with van der Waals surface area (Å²) < 4.78 is 37.6. The normalized spacial score (nSPS) is 12.1. The lowest BCUT2D eigenvalue weighted by Crippen LogP contribution is -2.28. The van der Waals surface area contributed by atoms with E-state index in [0.29, 0.717) is 11.4 Å². The van der Waals surface area contributed by atoms with Crippen LogP contribution >= 0.6 is 0 Å². The second-order valence-corrected chi connectivity index (χ2v) is 5.11.